The van der Waals surface area contributed by atoms with Gasteiger partial charge in [-0.15, -0.1) is 0 Å². The molecule has 0 saturated heterocycles. The summed E-state index contributed by atoms with van der Waals surface area (Å²) in [5.41, 5.74) is 15.8. The lowest BCUT2D eigenvalue weighted by molar-refractivity contribution is 0.436. The molecule has 1 atom stereocenters. The molecule has 0 bridgehead atoms. The monoisotopic (exact) mass is 717 g/mol. The van der Waals surface area contributed by atoms with Crippen molar-refractivity contribution in [3.05, 3.63) is 210 Å². The van der Waals surface area contributed by atoms with Crippen LogP contribution in [0.4, 0.5) is 0 Å². The minimum Gasteiger partial charge on any atom is -0.457 e. The highest BCUT2D eigenvalue weighted by Gasteiger charge is 2.51. The van der Waals surface area contributed by atoms with E-state index in [1.165, 1.54) is 33.0 Å². The van der Waals surface area contributed by atoms with Crippen LogP contribution in [0.2, 0.25) is 0 Å². The smallest absolute Gasteiger partial charge is 0.160 e. The molecule has 1 unspecified atom stereocenters. The van der Waals surface area contributed by atoms with Gasteiger partial charge in [0.2, 0.25) is 0 Å². The number of aromatic nitrogens is 3. The largest absolute Gasteiger partial charge is 0.457 e. The number of hydrogen-bond donors (Lipinski definition) is 0. The number of pyridine rings is 1. The van der Waals surface area contributed by atoms with Crippen LogP contribution in [0.3, 0.4) is 0 Å². The Kier molecular flexibility index (Phi) is 7.17. The summed E-state index contributed by atoms with van der Waals surface area (Å²) >= 11 is 0. The molecule has 2 aliphatic rings. The molecule has 0 fully saturated rings. The summed E-state index contributed by atoms with van der Waals surface area (Å²) in [7, 11) is 0. The van der Waals surface area contributed by atoms with E-state index in [1.54, 1.807) is 0 Å². The molecule has 2 aromatic heterocycles. The average Bonchev–Trinajstić information content (AvgIpc) is 3.53. The van der Waals surface area contributed by atoms with Gasteiger partial charge in [0.25, 0.3) is 0 Å². The molecule has 11 rings (SSSR count). The fourth-order valence-electron chi connectivity index (χ4n) is 9.11. The van der Waals surface area contributed by atoms with Crippen molar-refractivity contribution in [2.24, 2.45) is 0 Å². The maximum absolute atomic E-state index is 6.81. The first-order valence-electron chi connectivity index (χ1n) is 19.1. The zero-order valence-corrected chi connectivity index (χ0v) is 31.0. The third kappa shape index (κ3) is 4.82. The molecule has 1 aliphatic heterocycles. The van der Waals surface area contributed by atoms with Crippen LogP contribution in [0.15, 0.2) is 176 Å². The van der Waals surface area contributed by atoms with Gasteiger partial charge in [0.05, 0.1) is 11.1 Å². The van der Waals surface area contributed by atoms with Crippen LogP contribution in [0.1, 0.15) is 33.6 Å². The van der Waals surface area contributed by atoms with Crippen LogP contribution in [-0.4, -0.2) is 15.0 Å². The van der Waals surface area contributed by atoms with Crippen LogP contribution in [-0.2, 0) is 5.41 Å². The molecule has 0 radical (unpaired) electrons. The van der Waals surface area contributed by atoms with Crippen molar-refractivity contribution in [3.8, 4) is 67.5 Å². The zero-order valence-electron chi connectivity index (χ0n) is 31.0. The van der Waals surface area contributed by atoms with E-state index in [9.17, 15) is 0 Å². The number of benzene rings is 7. The van der Waals surface area contributed by atoms with E-state index in [1.807, 2.05) is 13.1 Å². The van der Waals surface area contributed by atoms with E-state index >= 15 is 0 Å². The van der Waals surface area contributed by atoms with Gasteiger partial charge in [-0.05, 0) is 100.0 Å². The highest BCUT2D eigenvalue weighted by atomic mass is 16.5. The van der Waals surface area contributed by atoms with Crippen molar-refractivity contribution in [2.75, 3.05) is 0 Å². The maximum Gasteiger partial charge on any atom is 0.160 e. The second-order valence-corrected chi connectivity index (χ2v) is 14.8. The molecule has 3 heterocycles. The Hall–Kier alpha value is -7.17. The third-order valence-corrected chi connectivity index (χ3v) is 11.6. The molecule has 1 aliphatic carbocycles. The molecule has 264 valence electrons. The van der Waals surface area contributed by atoms with Gasteiger partial charge in [0, 0.05) is 45.4 Å². The summed E-state index contributed by atoms with van der Waals surface area (Å²) in [6.07, 6.45) is 1.97. The fourth-order valence-corrected chi connectivity index (χ4v) is 9.11. The van der Waals surface area contributed by atoms with Crippen LogP contribution in [0.25, 0.3) is 66.8 Å². The van der Waals surface area contributed by atoms with E-state index in [2.05, 4.69) is 182 Å². The Morgan fingerprint density at radius 2 is 1.07 bits per heavy atom. The summed E-state index contributed by atoms with van der Waals surface area (Å²) in [5.74, 6) is 2.41. The Bertz CT molecular complexity index is 3030. The lowest BCUT2D eigenvalue weighted by Gasteiger charge is -2.39. The van der Waals surface area contributed by atoms with Gasteiger partial charge in [-0.2, -0.15) is 0 Å². The number of para-hydroxylation sites is 1. The Balaban J connectivity index is 1.15. The highest BCUT2D eigenvalue weighted by Crippen LogP contribution is 2.62. The molecule has 56 heavy (non-hydrogen) atoms. The number of aryl methyl sites for hydroxylation is 2. The SMILES string of the molecule is Cc1ccc(-c2ccccc2-c2ccc3c(c2)C2(c4ccccc4O3)c3ccccc3-c3ccc(-c4nc(C)cc(-c5cccc6ccccc56)n4)cc32)cn1. The minimum atomic E-state index is -0.662. The van der Waals surface area contributed by atoms with Gasteiger partial charge in [-0.3, -0.25) is 4.98 Å². The standard InChI is InChI=1S/C52H35N3O/c1-32-22-23-37(31-53-32)40-16-6-5-15-39(40)35-25-27-50-47(29-35)52(45-20-9-10-21-49(45)56-50)44-19-8-7-17-41(44)42-26-24-36(30-46(42)52)51-54-33(2)28-48(55-51)43-18-11-13-34-12-3-4-14-38(34)43/h3-31H,1-2H3. The first kappa shape index (κ1) is 32.3. The maximum atomic E-state index is 6.81. The third-order valence-electron chi connectivity index (χ3n) is 11.6. The van der Waals surface area contributed by atoms with E-state index in [-0.39, 0.29) is 0 Å². The van der Waals surface area contributed by atoms with Gasteiger partial charge >= 0.3 is 0 Å². The van der Waals surface area contributed by atoms with Gasteiger partial charge < -0.3 is 4.74 Å². The quantitative estimate of drug-likeness (QED) is 0.182. The van der Waals surface area contributed by atoms with Crippen molar-refractivity contribution < 1.29 is 4.74 Å². The number of ether oxygens (including phenoxy) is 1. The summed E-state index contributed by atoms with van der Waals surface area (Å²) in [6, 6.07) is 60.7. The molecule has 7 aromatic carbocycles. The topological polar surface area (TPSA) is 47.9 Å². The molecule has 0 amide bonds. The molecular formula is C52H35N3O. The zero-order chi connectivity index (χ0) is 37.4. The summed E-state index contributed by atoms with van der Waals surface area (Å²) in [5, 5.41) is 2.36. The first-order chi connectivity index (χ1) is 27.6. The second kappa shape index (κ2) is 12.4. The number of rotatable bonds is 4. The molecule has 9 aromatic rings. The van der Waals surface area contributed by atoms with E-state index < -0.39 is 5.41 Å². The normalized spacial score (nSPS) is 14.8. The molecular weight excluding hydrogens is 683 g/mol. The van der Waals surface area contributed by atoms with Crippen LogP contribution in [0.5, 0.6) is 11.5 Å². The van der Waals surface area contributed by atoms with E-state index in [4.69, 9.17) is 14.7 Å². The Morgan fingerprint density at radius 3 is 1.93 bits per heavy atom. The lowest BCUT2D eigenvalue weighted by atomic mass is 9.65. The fraction of sp³-hybridized carbons (Fsp3) is 0.0577. The van der Waals surface area contributed by atoms with Crippen molar-refractivity contribution in [3.63, 3.8) is 0 Å². The van der Waals surface area contributed by atoms with Crippen molar-refractivity contribution in [1.82, 2.24) is 15.0 Å². The molecule has 0 saturated carbocycles. The van der Waals surface area contributed by atoms with Crippen molar-refractivity contribution >= 4 is 10.8 Å². The summed E-state index contributed by atoms with van der Waals surface area (Å²) in [4.78, 5) is 15.0. The Morgan fingerprint density at radius 1 is 0.429 bits per heavy atom. The Labute approximate surface area is 325 Å². The first-order valence-corrected chi connectivity index (χ1v) is 19.1. The number of fused-ring (bicyclic) bond motifs is 10. The predicted molar refractivity (Wildman–Crippen MR) is 226 cm³/mol. The molecule has 4 heteroatoms. The van der Waals surface area contributed by atoms with Crippen LogP contribution in [0, 0.1) is 13.8 Å². The molecule has 0 N–H and O–H groups in total. The summed E-state index contributed by atoms with van der Waals surface area (Å²) in [6.45, 7) is 4.08. The number of nitrogens with zero attached hydrogens (tertiary/aromatic N) is 3. The number of hydrogen-bond acceptors (Lipinski definition) is 4. The highest BCUT2D eigenvalue weighted by molar-refractivity contribution is 5.96. The van der Waals surface area contributed by atoms with E-state index in [0.29, 0.717) is 5.82 Å². The van der Waals surface area contributed by atoms with Gasteiger partial charge in [0.15, 0.2) is 5.82 Å². The lowest BCUT2D eigenvalue weighted by Crippen LogP contribution is -2.32. The second-order valence-electron chi connectivity index (χ2n) is 14.8. The average molecular weight is 718 g/mol. The van der Waals surface area contributed by atoms with Crippen molar-refractivity contribution in [2.45, 2.75) is 19.3 Å². The van der Waals surface area contributed by atoms with Crippen LogP contribution >= 0.6 is 0 Å². The van der Waals surface area contributed by atoms with Gasteiger partial charge in [0.1, 0.15) is 11.5 Å². The van der Waals surface area contributed by atoms with E-state index in [0.717, 1.165) is 73.1 Å². The van der Waals surface area contributed by atoms with Gasteiger partial charge in [-0.25, -0.2) is 9.97 Å². The van der Waals surface area contributed by atoms with Gasteiger partial charge in [-0.1, -0.05) is 133 Å². The minimum absolute atomic E-state index is 0.662. The summed E-state index contributed by atoms with van der Waals surface area (Å²) < 4.78 is 6.81. The molecule has 1 spiro atoms. The van der Waals surface area contributed by atoms with Crippen molar-refractivity contribution in [1.29, 1.82) is 0 Å². The molecule has 4 nitrogen and oxygen atoms in total. The van der Waals surface area contributed by atoms with Crippen LogP contribution < -0.4 is 4.74 Å². The predicted octanol–water partition coefficient (Wildman–Crippen LogP) is 12.8.